The molecule has 2 aliphatic rings. The fourth-order valence-electron chi connectivity index (χ4n) is 2.56. The van der Waals surface area contributed by atoms with E-state index in [0.29, 0.717) is 10.5 Å². The Hall–Kier alpha value is -1.06. The molecular weight excluding hydrogens is 246 g/mol. The molecule has 84 valence electrons. The van der Waals surface area contributed by atoms with Gasteiger partial charge in [0.1, 0.15) is 0 Å². The molecule has 2 unspecified atom stereocenters. The average Bonchev–Trinajstić information content (AvgIpc) is 2.84. The Kier molecular flexibility index (Phi) is 2.02. The second-order valence-electron chi connectivity index (χ2n) is 4.41. The van der Waals surface area contributed by atoms with Gasteiger partial charge in [0.15, 0.2) is 0 Å². The first kappa shape index (κ1) is 9.92. The minimum atomic E-state index is 0.577. The molecule has 0 saturated carbocycles. The first-order valence-electron chi connectivity index (χ1n) is 5.64. The van der Waals surface area contributed by atoms with E-state index < -0.39 is 0 Å². The normalized spacial score (nSPS) is 24.2. The Morgan fingerprint density at radius 3 is 2.41 bits per heavy atom. The van der Waals surface area contributed by atoms with Crippen molar-refractivity contribution in [2.75, 3.05) is 5.73 Å². The van der Waals surface area contributed by atoms with E-state index in [1.54, 1.807) is 0 Å². The summed E-state index contributed by atoms with van der Waals surface area (Å²) in [7, 11) is 0. The smallest absolute Gasteiger partial charge is 0.0519 e. The Morgan fingerprint density at radius 2 is 1.53 bits per heavy atom. The maximum absolute atomic E-state index is 5.86. The lowest BCUT2D eigenvalue weighted by Crippen LogP contribution is -1.91. The summed E-state index contributed by atoms with van der Waals surface area (Å²) in [6.45, 7) is 0. The van der Waals surface area contributed by atoms with Gasteiger partial charge in [-0.25, -0.2) is 0 Å². The number of fused-ring (bicyclic) bond motifs is 5. The molecule has 0 radical (unpaired) electrons. The molecule has 2 N–H and O–H groups in total. The molecule has 1 nitrogen and oxygen atoms in total. The number of rotatable bonds is 0. The number of nitrogen functional groups attached to an aromatic ring is 1. The molecule has 2 aromatic carbocycles. The lowest BCUT2D eigenvalue weighted by atomic mass is 10.0. The second-order valence-corrected chi connectivity index (χ2v) is 6.78. The third-order valence-electron chi connectivity index (χ3n) is 3.35. The summed E-state index contributed by atoms with van der Waals surface area (Å²) in [6.07, 6.45) is 0. The molecule has 0 aromatic heterocycles. The number of benzene rings is 2. The van der Waals surface area contributed by atoms with Crippen molar-refractivity contribution in [2.45, 2.75) is 20.3 Å². The van der Waals surface area contributed by atoms with E-state index in [1.807, 2.05) is 29.6 Å². The molecule has 0 spiro atoms. The Bertz CT molecular complexity index is 609. The first-order chi connectivity index (χ1) is 8.33. The summed E-state index contributed by atoms with van der Waals surface area (Å²) in [6, 6.07) is 15.1. The monoisotopic (exact) mass is 257 g/mol. The highest BCUT2D eigenvalue weighted by Gasteiger charge is 2.41. The summed E-state index contributed by atoms with van der Waals surface area (Å²) in [4.78, 5) is 2.81. The highest BCUT2D eigenvalue weighted by Crippen LogP contribution is 2.66. The van der Waals surface area contributed by atoms with Crippen molar-refractivity contribution in [1.82, 2.24) is 0 Å². The third-order valence-corrected chi connectivity index (χ3v) is 6.32. The van der Waals surface area contributed by atoms with Crippen LogP contribution in [-0.2, 0) is 0 Å². The lowest BCUT2D eigenvalue weighted by Gasteiger charge is -2.07. The van der Waals surface area contributed by atoms with Crippen molar-refractivity contribution in [3.8, 4) is 0 Å². The van der Waals surface area contributed by atoms with Crippen LogP contribution in [0.4, 0.5) is 5.69 Å². The SMILES string of the molecule is Nc1ccc2c(c1)SC1c3ccccc3SC21. The van der Waals surface area contributed by atoms with E-state index in [2.05, 4.69) is 36.4 Å². The molecule has 0 saturated heterocycles. The average molecular weight is 257 g/mol. The van der Waals surface area contributed by atoms with Crippen molar-refractivity contribution in [3.63, 3.8) is 0 Å². The molecule has 0 amide bonds. The predicted octanol–water partition coefficient (Wildman–Crippen LogP) is 4.26. The quantitative estimate of drug-likeness (QED) is 0.714. The molecule has 17 heavy (non-hydrogen) atoms. The fraction of sp³-hybridized carbons (Fsp3) is 0.143. The third kappa shape index (κ3) is 1.36. The van der Waals surface area contributed by atoms with E-state index >= 15 is 0 Å². The maximum atomic E-state index is 5.86. The van der Waals surface area contributed by atoms with Gasteiger partial charge < -0.3 is 5.73 Å². The number of anilines is 1. The van der Waals surface area contributed by atoms with Gasteiger partial charge in [-0.15, -0.1) is 23.5 Å². The van der Waals surface area contributed by atoms with Crippen LogP contribution < -0.4 is 5.73 Å². The molecule has 4 rings (SSSR count). The fourth-order valence-corrected chi connectivity index (χ4v) is 5.82. The molecule has 2 aliphatic heterocycles. The molecular formula is C14H11NS2. The van der Waals surface area contributed by atoms with E-state index in [0.717, 1.165) is 5.69 Å². The van der Waals surface area contributed by atoms with Crippen molar-refractivity contribution < 1.29 is 0 Å². The number of thioether (sulfide) groups is 2. The summed E-state index contributed by atoms with van der Waals surface area (Å²) < 4.78 is 0. The lowest BCUT2D eigenvalue weighted by molar-refractivity contribution is 0.939. The van der Waals surface area contributed by atoms with Gasteiger partial charge in [0.25, 0.3) is 0 Å². The van der Waals surface area contributed by atoms with Crippen LogP contribution in [0.2, 0.25) is 0 Å². The van der Waals surface area contributed by atoms with Crippen LogP contribution in [0.5, 0.6) is 0 Å². The van der Waals surface area contributed by atoms with Crippen LogP contribution in [-0.4, -0.2) is 0 Å². The Morgan fingerprint density at radius 1 is 0.824 bits per heavy atom. The highest BCUT2D eigenvalue weighted by molar-refractivity contribution is 8.05. The van der Waals surface area contributed by atoms with Gasteiger partial charge in [-0.1, -0.05) is 24.3 Å². The van der Waals surface area contributed by atoms with Crippen molar-refractivity contribution >= 4 is 29.2 Å². The second kappa shape index (κ2) is 3.47. The summed E-state index contributed by atoms with van der Waals surface area (Å²) in [5.74, 6) is 0. The van der Waals surface area contributed by atoms with E-state index in [9.17, 15) is 0 Å². The zero-order chi connectivity index (χ0) is 11.4. The zero-order valence-corrected chi connectivity index (χ0v) is 10.7. The number of hydrogen-bond donors (Lipinski definition) is 1. The van der Waals surface area contributed by atoms with Crippen LogP contribution in [0.15, 0.2) is 52.3 Å². The van der Waals surface area contributed by atoms with Gasteiger partial charge in [-0.3, -0.25) is 0 Å². The van der Waals surface area contributed by atoms with Gasteiger partial charge >= 0.3 is 0 Å². The molecule has 2 atom stereocenters. The highest BCUT2D eigenvalue weighted by atomic mass is 32.2. The summed E-state index contributed by atoms with van der Waals surface area (Å²) in [5, 5.41) is 1.15. The van der Waals surface area contributed by atoms with E-state index in [4.69, 9.17) is 5.73 Å². The summed E-state index contributed by atoms with van der Waals surface area (Å²) in [5.41, 5.74) is 9.67. The Balaban J connectivity index is 1.84. The van der Waals surface area contributed by atoms with Crippen LogP contribution in [0.3, 0.4) is 0 Å². The largest absolute Gasteiger partial charge is 0.399 e. The van der Waals surface area contributed by atoms with E-state index in [1.165, 1.54) is 20.9 Å². The molecule has 0 fully saturated rings. The standard InChI is InChI=1S/C14H11NS2/c15-8-5-6-10-12(7-8)17-13-9-3-1-2-4-11(9)16-14(10)13/h1-7,13-14H,15H2. The molecule has 3 heteroatoms. The molecule has 0 bridgehead atoms. The molecule has 2 heterocycles. The van der Waals surface area contributed by atoms with Gasteiger partial charge in [-0.05, 0) is 29.3 Å². The van der Waals surface area contributed by atoms with Crippen molar-refractivity contribution in [1.29, 1.82) is 0 Å². The van der Waals surface area contributed by atoms with Crippen LogP contribution in [0, 0.1) is 0 Å². The van der Waals surface area contributed by atoms with Crippen molar-refractivity contribution in [3.05, 3.63) is 53.6 Å². The van der Waals surface area contributed by atoms with Crippen LogP contribution >= 0.6 is 23.5 Å². The number of nitrogens with two attached hydrogens (primary N) is 1. The van der Waals surface area contributed by atoms with Gasteiger partial charge in [-0.2, -0.15) is 0 Å². The topological polar surface area (TPSA) is 26.0 Å². The number of hydrogen-bond acceptors (Lipinski definition) is 3. The minimum Gasteiger partial charge on any atom is -0.399 e. The minimum absolute atomic E-state index is 0.577. The summed E-state index contributed by atoms with van der Waals surface area (Å²) >= 11 is 3.96. The van der Waals surface area contributed by atoms with Crippen LogP contribution in [0.25, 0.3) is 0 Å². The van der Waals surface area contributed by atoms with E-state index in [-0.39, 0.29) is 0 Å². The Labute approximate surface area is 109 Å². The first-order valence-corrected chi connectivity index (χ1v) is 7.40. The zero-order valence-electron chi connectivity index (χ0n) is 9.09. The van der Waals surface area contributed by atoms with Gasteiger partial charge in [0, 0.05) is 15.5 Å². The molecule has 2 aromatic rings. The molecule has 0 aliphatic carbocycles. The van der Waals surface area contributed by atoms with Crippen LogP contribution in [0.1, 0.15) is 21.6 Å². The van der Waals surface area contributed by atoms with Gasteiger partial charge in [0.05, 0.1) is 10.5 Å². The van der Waals surface area contributed by atoms with Gasteiger partial charge in [0.2, 0.25) is 0 Å². The predicted molar refractivity (Wildman–Crippen MR) is 74.5 cm³/mol. The van der Waals surface area contributed by atoms with Crippen molar-refractivity contribution in [2.24, 2.45) is 0 Å². The maximum Gasteiger partial charge on any atom is 0.0519 e.